The maximum atomic E-state index is 10.5. The molecule has 0 saturated carbocycles. The van der Waals surface area contributed by atoms with Gasteiger partial charge in [-0.3, -0.25) is 0 Å². The molecule has 0 spiro atoms. The van der Waals surface area contributed by atoms with Crippen LogP contribution in [0.2, 0.25) is 5.02 Å². The molecule has 3 N–H and O–H groups in total. The number of hydrogen-bond acceptors (Lipinski definition) is 2. The first kappa shape index (κ1) is 13.9. The van der Waals surface area contributed by atoms with Gasteiger partial charge in [0, 0.05) is 22.7 Å². The van der Waals surface area contributed by atoms with Crippen LogP contribution in [-0.4, -0.2) is 5.11 Å². The molecule has 1 unspecified atom stereocenters. The van der Waals surface area contributed by atoms with Crippen LogP contribution in [0.3, 0.4) is 0 Å². The number of benzene rings is 3. The number of hydrogen-bond donors (Lipinski definition) is 2. The highest BCUT2D eigenvalue weighted by Gasteiger charge is 2.13. The topological polar surface area (TPSA) is 46.2 Å². The molecular weight excluding hydrogens is 282 g/mol. The Morgan fingerprint density at radius 3 is 2.57 bits per heavy atom. The predicted octanol–water partition coefficient (Wildman–Crippen LogP) is 4.35. The standard InChI is InChI=1S/C18H16ClNO/c19-14-8-9-16(17(20)11-14)18(21)10-13-6-3-5-12-4-1-2-7-15(12)13/h1-9,11,18,21H,10,20H2. The van der Waals surface area contributed by atoms with E-state index in [1.165, 1.54) is 5.39 Å². The van der Waals surface area contributed by atoms with Gasteiger partial charge in [-0.05, 0) is 28.5 Å². The first-order valence-electron chi connectivity index (χ1n) is 6.85. The summed E-state index contributed by atoms with van der Waals surface area (Å²) in [5, 5.41) is 13.4. The lowest BCUT2D eigenvalue weighted by Crippen LogP contribution is -2.05. The number of fused-ring (bicyclic) bond motifs is 1. The summed E-state index contributed by atoms with van der Waals surface area (Å²) in [5.41, 5.74) is 8.29. The fourth-order valence-corrected chi connectivity index (χ4v) is 2.82. The van der Waals surface area contributed by atoms with Crippen molar-refractivity contribution in [3.63, 3.8) is 0 Å². The van der Waals surface area contributed by atoms with E-state index < -0.39 is 6.10 Å². The fraction of sp³-hybridized carbons (Fsp3) is 0.111. The van der Waals surface area contributed by atoms with Crippen LogP contribution in [0.15, 0.2) is 60.7 Å². The molecule has 0 fully saturated rings. The van der Waals surface area contributed by atoms with Gasteiger partial charge in [-0.2, -0.15) is 0 Å². The lowest BCUT2D eigenvalue weighted by atomic mass is 9.96. The van der Waals surface area contributed by atoms with Gasteiger partial charge >= 0.3 is 0 Å². The van der Waals surface area contributed by atoms with Gasteiger partial charge in [-0.15, -0.1) is 0 Å². The van der Waals surface area contributed by atoms with E-state index >= 15 is 0 Å². The summed E-state index contributed by atoms with van der Waals surface area (Å²) in [6.45, 7) is 0. The van der Waals surface area contributed by atoms with Crippen molar-refractivity contribution in [2.75, 3.05) is 5.73 Å². The molecule has 3 aromatic rings. The minimum Gasteiger partial charge on any atom is -0.398 e. The summed E-state index contributed by atoms with van der Waals surface area (Å²) < 4.78 is 0. The third-order valence-electron chi connectivity index (χ3n) is 3.70. The van der Waals surface area contributed by atoms with Gasteiger partial charge in [0.1, 0.15) is 0 Å². The Balaban J connectivity index is 1.94. The van der Waals surface area contributed by atoms with E-state index in [4.69, 9.17) is 17.3 Å². The second-order valence-corrected chi connectivity index (χ2v) is 5.57. The highest BCUT2D eigenvalue weighted by atomic mass is 35.5. The summed E-state index contributed by atoms with van der Waals surface area (Å²) >= 11 is 5.90. The highest BCUT2D eigenvalue weighted by Crippen LogP contribution is 2.28. The summed E-state index contributed by atoms with van der Waals surface area (Å²) in [6, 6.07) is 19.5. The van der Waals surface area contributed by atoms with E-state index in [1.54, 1.807) is 18.2 Å². The Morgan fingerprint density at radius 2 is 1.76 bits per heavy atom. The second-order valence-electron chi connectivity index (χ2n) is 5.13. The molecule has 0 aromatic heterocycles. The molecule has 0 saturated heterocycles. The van der Waals surface area contributed by atoms with Crippen LogP contribution in [0.25, 0.3) is 10.8 Å². The molecule has 0 heterocycles. The third-order valence-corrected chi connectivity index (χ3v) is 3.94. The Kier molecular flexibility index (Phi) is 3.82. The number of anilines is 1. The molecular formula is C18H16ClNO. The zero-order valence-electron chi connectivity index (χ0n) is 11.5. The Hall–Kier alpha value is -2.03. The molecule has 2 nitrogen and oxygen atoms in total. The van der Waals surface area contributed by atoms with Crippen LogP contribution >= 0.6 is 11.6 Å². The van der Waals surface area contributed by atoms with E-state index in [9.17, 15) is 5.11 Å². The molecule has 0 radical (unpaired) electrons. The largest absolute Gasteiger partial charge is 0.398 e. The molecule has 0 amide bonds. The Labute approximate surface area is 128 Å². The predicted molar refractivity (Wildman–Crippen MR) is 88.5 cm³/mol. The lowest BCUT2D eigenvalue weighted by Gasteiger charge is -2.15. The van der Waals surface area contributed by atoms with Crippen LogP contribution in [0, 0.1) is 0 Å². The van der Waals surface area contributed by atoms with Gasteiger partial charge in [0.05, 0.1) is 6.10 Å². The lowest BCUT2D eigenvalue weighted by molar-refractivity contribution is 0.179. The molecule has 3 rings (SSSR count). The van der Waals surface area contributed by atoms with Crippen molar-refractivity contribution in [3.05, 3.63) is 76.8 Å². The molecule has 3 aromatic carbocycles. The van der Waals surface area contributed by atoms with Crippen LogP contribution in [0.1, 0.15) is 17.2 Å². The zero-order chi connectivity index (χ0) is 14.8. The highest BCUT2D eigenvalue weighted by molar-refractivity contribution is 6.30. The molecule has 0 aliphatic carbocycles. The van der Waals surface area contributed by atoms with Gasteiger partial charge in [0.25, 0.3) is 0 Å². The summed E-state index contributed by atoms with van der Waals surface area (Å²) in [4.78, 5) is 0. The quantitative estimate of drug-likeness (QED) is 0.706. The monoisotopic (exact) mass is 297 g/mol. The number of aliphatic hydroxyl groups is 1. The molecule has 3 heteroatoms. The van der Waals surface area contributed by atoms with Crippen LogP contribution in [0.5, 0.6) is 0 Å². The van der Waals surface area contributed by atoms with Crippen molar-refractivity contribution in [3.8, 4) is 0 Å². The molecule has 106 valence electrons. The van der Waals surface area contributed by atoms with E-state index in [0.717, 1.165) is 10.9 Å². The minimum absolute atomic E-state index is 0.521. The Bertz CT molecular complexity index is 780. The molecule has 21 heavy (non-hydrogen) atoms. The van der Waals surface area contributed by atoms with E-state index in [2.05, 4.69) is 18.2 Å². The first-order valence-corrected chi connectivity index (χ1v) is 7.22. The molecule has 0 aliphatic heterocycles. The minimum atomic E-state index is -0.645. The van der Waals surface area contributed by atoms with E-state index in [0.29, 0.717) is 22.7 Å². The van der Waals surface area contributed by atoms with Crippen molar-refractivity contribution >= 4 is 28.1 Å². The number of halogens is 1. The van der Waals surface area contributed by atoms with E-state index in [1.807, 2.05) is 24.3 Å². The summed E-state index contributed by atoms with van der Waals surface area (Å²) in [5.74, 6) is 0. The third kappa shape index (κ3) is 2.87. The normalized spacial score (nSPS) is 12.5. The second kappa shape index (κ2) is 5.76. The van der Waals surface area contributed by atoms with Crippen molar-refractivity contribution in [1.82, 2.24) is 0 Å². The van der Waals surface area contributed by atoms with Crippen molar-refractivity contribution < 1.29 is 5.11 Å². The van der Waals surface area contributed by atoms with Gasteiger partial charge < -0.3 is 10.8 Å². The van der Waals surface area contributed by atoms with E-state index in [-0.39, 0.29) is 0 Å². The average molecular weight is 298 g/mol. The fourth-order valence-electron chi connectivity index (χ4n) is 2.64. The molecule has 0 aliphatic rings. The molecule has 1 atom stereocenters. The Morgan fingerprint density at radius 1 is 1.00 bits per heavy atom. The van der Waals surface area contributed by atoms with Gasteiger partial charge in [-0.1, -0.05) is 60.1 Å². The SMILES string of the molecule is Nc1cc(Cl)ccc1C(O)Cc1cccc2ccccc12. The molecule has 0 bridgehead atoms. The average Bonchev–Trinajstić information content (AvgIpc) is 2.47. The maximum absolute atomic E-state index is 10.5. The van der Waals surface area contributed by atoms with Crippen molar-refractivity contribution in [2.24, 2.45) is 0 Å². The van der Waals surface area contributed by atoms with Crippen LogP contribution in [0.4, 0.5) is 5.69 Å². The number of aliphatic hydroxyl groups excluding tert-OH is 1. The zero-order valence-corrected chi connectivity index (χ0v) is 12.2. The summed E-state index contributed by atoms with van der Waals surface area (Å²) in [7, 11) is 0. The number of nitrogen functional groups attached to an aromatic ring is 1. The van der Waals surface area contributed by atoms with Gasteiger partial charge in [0.15, 0.2) is 0 Å². The van der Waals surface area contributed by atoms with Crippen LogP contribution < -0.4 is 5.73 Å². The van der Waals surface area contributed by atoms with Gasteiger partial charge in [-0.25, -0.2) is 0 Å². The first-order chi connectivity index (χ1) is 10.1. The number of nitrogens with two attached hydrogens (primary N) is 1. The van der Waals surface area contributed by atoms with Crippen molar-refractivity contribution in [1.29, 1.82) is 0 Å². The summed E-state index contributed by atoms with van der Waals surface area (Å²) in [6.07, 6.45) is -0.124. The smallest absolute Gasteiger partial charge is 0.0850 e. The van der Waals surface area contributed by atoms with Crippen LogP contribution in [-0.2, 0) is 6.42 Å². The maximum Gasteiger partial charge on any atom is 0.0850 e. The van der Waals surface area contributed by atoms with Crippen molar-refractivity contribution in [2.45, 2.75) is 12.5 Å². The number of rotatable bonds is 3. The van der Waals surface area contributed by atoms with Gasteiger partial charge in [0.2, 0.25) is 0 Å².